The van der Waals surface area contributed by atoms with Crippen LogP contribution in [0, 0.1) is 0 Å². The number of amides is 2. The monoisotopic (exact) mass is 268 g/mol. The van der Waals surface area contributed by atoms with E-state index in [-0.39, 0.29) is 18.2 Å². The van der Waals surface area contributed by atoms with Gasteiger partial charge in [-0.3, -0.25) is 9.59 Å². The van der Waals surface area contributed by atoms with Gasteiger partial charge >= 0.3 is 0 Å². The Bertz CT molecular complexity index is 376. The third-order valence-corrected chi connectivity index (χ3v) is 2.41. The number of carbonyl (C=O) groups excluding carboxylic acids is 2. The Morgan fingerprint density at radius 1 is 1.32 bits per heavy atom. The van der Waals surface area contributed by atoms with Crippen molar-refractivity contribution in [3.8, 4) is 0 Å². The molecule has 0 fully saturated rings. The van der Waals surface area contributed by atoms with Crippen molar-refractivity contribution in [3.63, 3.8) is 0 Å². The Morgan fingerprint density at radius 3 is 2.84 bits per heavy atom. The number of hydrogen-bond acceptors (Lipinski definition) is 4. The largest absolute Gasteiger partial charge is 0.472 e. The molecule has 106 valence electrons. The van der Waals surface area contributed by atoms with E-state index in [0.29, 0.717) is 31.9 Å². The van der Waals surface area contributed by atoms with Gasteiger partial charge < -0.3 is 19.8 Å². The van der Waals surface area contributed by atoms with Gasteiger partial charge in [0.1, 0.15) is 6.26 Å². The van der Waals surface area contributed by atoms with Crippen molar-refractivity contribution < 1.29 is 18.7 Å². The Hall–Kier alpha value is -1.82. The molecule has 0 aromatic carbocycles. The van der Waals surface area contributed by atoms with E-state index in [2.05, 4.69) is 10.6 Å². The molecule has 1 heterocycles. The van der Waals surface area contributed by atoms with E-state index >= 15 is 0 Å². The summed E-state index contributed by atoms with van der Waals surface area (Å²) >= 11 is 0. The van der Waals surface area contributed by atoms with Crippen molar-refractivity contribution >= 4 is 11.8 Å². The topological polar surface area (TPSA) is 80.6 Å². The normalized spacial score (nSPS) is 10.2. The number of nitrogens with one attached hydrogen (secondary N) is 2. The molecule has 0 atom stereocenters. The SMILES string of the molecule is CCOCCCNC(=O)CCNC(=O)c1ccoc1. The minimum absolute atomic E-state index is 0.0796. The maximum Gasteiger partial charge on any atom is 0.254 e. The van der Waals surface area contributed by atoms with E-state index in [1.54, 1.807) is 6.07 Å². The van der Waals surface area contributed by atoms with Crippen molar-refractivity contribution in [1.29, 1.82) is 0 Å². The predicted octanol–water partition coefficient (Wildman–Crippen LogP) is 0.942. The Balaban J connectivity index is 2.02. The highest BCUT2D eigenvalue weighted by Crippen LogP contribution is 1.98. The molecule has 0 saturated heterocycles. The first-order chi connectivity index (χ1) is 9.24. The molecule has 2 amide bonds. The lowest BCUT2D eigenvalue weighted by Crippen LogP contribution is -2.31. The summed E-state index contributed by atoms with van der Waals surface area (Å²) in [6.45, 7) is 4.17. The molecule has 1 aromatic heterocycles. The summed E-state index contributed by atoms with van der Waals surface area (Å²) in [7, 11) is 0. The van der Waals surface area contributed by atoms with Gasteiger partial charge in [-0.1, -0.05) is 0 Å². The van der Waals surface area contributed by atoms with Gasteiger partial charge in [0.2, 0.25) is 5.91 Å². The molecule has 0 unspecified atom stereocenters. The first-order valence-electron chi connectivity index (χ1n) is 6.39. The van der Waals surface area contributed by atoms with Gasteiger partial charge in [-0.25, -0.2) is 0 Å². The highest BCUT2D eigenvalue weighted by Gasteiger charge is 2.07. The van der Waals surface area contributed by atoms with Crippen molar-refractivity contribution in [2.45, 2.75) is 19.8 Å². The zero-order valence-electron chi connectivity index (χ0n) is 11.1. The molecule has 1 aromatic rings. The third-order valence-electron chi connectivity index (χ3n) is 2.41. The molecule has 1 rings (SSSR count). The van der Waals surface area contributed by atoms with Crippen LogP contribution in [0.2, 0.25) is 0 Å². The smallest absolute Gasteiger partial charge is 0.254 e. The molecule has 6 heteroatoms. The molecule has 0 aliphatic carbocycles. The quantitative estimate of drug-likeness (QED) is 0.653. The molecule has 0 aliphatic heterocycles. The van der Waals surface area contributed by atoms with Crippen LogP contribution in [0.15, 0.2) is 23.0 Å². The standard InChI is InChI=1S/C13H20N2O4/c1-2-18-8-3-6-14-12(16)4-7-15-13(17)11-5-9-19-10-11/h5,9-10H,2-4,6-8H2,1H3,(H,14,16)(H,15,17). The second kappa shape index (κ2) is 9.16. The van der Waals surface area contributed by atoms with Crippen LogP contribution in [-0.4, -0.2) is 38.1 Å². The molecule has 6 nitrogen and oxygen atoms in total. The van der Waals surface area contributed by atoms with Crippen LogP contribution < -0.4 is 10.6 Å². The highest BCUT2D eigenvalue weighted by molar-refractivity contribution is 5.93. The minimum Gasteiger partial charge on any atom is -0.472 e. The fourth-order valence-corrected chi connectivity index (χ4v) is 1.42. The van der Waals surface area contributed by atoms with Gasteiger partial charge in [0.05, 0.1) is 11.8 Å². The molecule has 0 aliphatic rings. The number of hydrogen-bond donors (Lipinski definition) is 2. The fraction of sp³-hybridized carbons (Fsp3) is 0.538. The summed E-state index contributed by atoms with van der Waals surface area (Å²) in [5, 5.41) is 5.40. The summed E-state index contributed by atoms with van der Waals surface area (Å²) in [5.41, 5.74) is 0.456. The lowest BCUT2D eigenvalue weighted by Gasteiger charge is -2.06. The summed E-state index contributed by atoms with van der Waals surface area (Å²) in [5.74, 6) is -0.318. The average molecular weight is 268 g/mol. The predicted molar refractivity (Wildman–Crippen MR) is 69.8 cm³/mol. The maximum absolute atomic E-state index is 11.5. The van der Waals surface area contributed by atoms with Gasteiger partial charge in [0.15, 0.2) is 0 Å². The van der Waals surface area contributed by atoms with Crippen molar-refractivity contribution in [2.24, 2.45) is 0 Å². The lowest BCUT2D eigenvalue weighted by molar-refractivity contribution is -0.120. The summed E-state index contributed by atoms with van der Waals surface area (Å²) in [6.07, 6.45) is 3.85. The summed E-state index contributed by atoms with van der Waals surface area (Å²) < 4.78 is 9.95. The van der Waals surface area contributed by atoms with Crippen LogP contribution in [-0.2, 0) is 9.53 Å². The van der Waals surface area contributed by atoms with Crippen molar-refractivity contribution in [2.75, 3.05) is 26.3 Å². The lowest BCUT2D eigenvalue weighted by atomic mass is 10.3. The first-order valence-corrected chi connectivity index (χ1v) is 6.39. The van der Waals surface area contributed by atoms with Crippen molar-refractivity contribution in [1.82, 2.24) is 10.6 Å². The molecule has 0 bridgehead atoms. The molecule has 2 N–H and O–H groups in total. The highest BCUT2D eigenvalue weighted by atomic mass is 16.5. The third kappa shape index (κ3) is 6.61. The summed E-state index contributed by atoms with van der Waals surface area (Å²) in [4.78, 5) is 22.9. The number of rotatable bonds is 9. The van der Waals surface area contributed by atoms with Crippen LogP contribution in [0.5, 0.6) is 0 Å². The van der Waals surface area contributed by atoms with Gasteiger partial charge in [-0.2, -0.15) is 0 Å². The second-order valence-corrected chi connectivity index (χ2v) is 3.92. The van der Waals surface area contributed by atoms with E-state index in [0.717, 1.165) is 6.42 Å². The minimum atomic E-state index is -0.238. The Kier molecular flexibility index (Phi) is 7.34. The number of furan rings is 1. The van der Waals surface area contributed by atoms with Crippen LogP contribution in [0.4, 0.5) is 0 Å². The van der Waals surface area contributed by atoms with Gasteiger partial charge in [0, 0.05) is 32.7 Å². The molecule has 0 spiro atoms. The van der Waals surface area contributed by atoms with E-state index in [9.17, 15) is 9.59 Å². The van der Waals surface area contributed by atoms with Crippen LogP contribution in [0.3, 0.4) is 0 Å². The fourth-order valence-electron chi connectivity index (χ4n) is 1.42. The van der Waals surface area contributed by atoms with Crippen LogP contribution in [0.1, 0.15) is 30.1 Å². The Labute approximate surface area is 112 Å². The second-order valence-electron chi connectivity index (χ2n) is 3.92. The first kappa shape index (κ1) is 15.2. The maximum atomic E-state index is 11.5. The molecule has 0 saturated carbocycles. The van der Waals surface area contributed by atoms with E-state index in [1.807, 2.05) is 6.92 Å². The Morgan fingerprint density at radius 2 is 2.16 bits per heavy atom. The van der Waals surface area contributed by atoms with Gasteiger partial charge in [-0.15, -0.1) is 0 Å². The number of carbonyl (C=O) groups is 2. The number of ether oxygens (including phenoxy) is 1. The zero-order chi connectivity index (χ0) is 13.9. The summed E-state index contributed by atoms with van der Waals surface area (Å²) in [6, 6.07) is 1.57. The molecule has 0 radical (unpaired) electrons. The average Bonchev–Trinajstić information content (AvgIpc) is 2.92. The van der Waals surface area contributed by atoms with Gasteiger partial charge in [0.25, 0.3) is 5.91 Å². The van der Waals surface area contributed by atoms with E-state index < -0.39 is 0 Å². The molecule has 19 heavy (non-hydrogen) atoms. The molecular weight excluding hydrogens is 248 g/mol. The zero-order valence-corrected chi connectivity index (χ0v) is 11.1. The van der Waals surface area contributed by atoms with Gasteiger partial charge in [-0.05, 0) is 19.4 Å². The molecular formula is C13H20N2O4. The van der Waals surface area contributed by atoms with E-state index in [1.165, 1.54) is 12.5 Å². The van der Waals surface area contributed by atoms with Crippen LogP contribution >= 0.6 is 0 Å². The van der Waals surface area contributed by atoms with Crippen molar-refractivity contribution in [3.05, 3.63) is 24.2 Å². The van der Waals surface area contributed by atoms with Crippen LogP contribution in [0.25, 0.3) is 0 Å². The van der Waals surface area contributed by atoms with E-state index in [4.69, 9.17) is 9.15 Å².